The molecule has 14 aromatic rings. The monoisotopic (exact) mass is 1880 g/mol. The minimum atomic E-state index is -0.718. The third kappa shape index (κ3) is 21.5. The van der Waals surface area contributed by atoms with Gasteiger partial charge in [0.25, 0.3) is 41.4 Å². The number of phenolic OH excluding ortho intramolecular Hbond substituents is 1. The Morgan fingerprint density at radius 1 is 0.401 bits per heavy atom. The van der Waals surface area contributed by atoms with Crippen molar-refractivity contribution in [2.24, 2.45) is 70.5 Å². The molecule has 706 valence electrons. The van der Waals surface area contributed by atoms with Crippen LogP contribution in [0.15, 0.2) is 141 Å². The van der Waals surface area contributed by atoms with E-state index in [2.05, 4.69) is 77.4 Å². The predicted octanol–water partition coefficient (Wildman–Crippen LogP) is 8.25. The number of hydrogen-bond acceptors (Lipinski definition) is 22. The Balaban J connectivity index is 0.445. The summed E-state index contributed by atoms with van der Waals surface area (Å²) in [4.78, 5) is 231. The van der Waals surface area contributed by atoms with Crippen molar-refractivity contribution in [2.75, 3.05) is 62.3 Å². The highest BCUT2D eigenvalue weighted by Gasteiger charge is 2.37. The highest BCUT2D eigenvalue weighted by molar-refractivity contribution is 6.20. The molecule has 1 aliphatic heterocycles. The van der Waals surface area contributed by atoms with Gasteiger partial charge in [0.15, 0.2) is 46.5 Å². The van der Waals surface area contributed by atoms with Crippen molar-refractivity contribution in [3.05, 3.63) is 238 Å². The number of carbonyl (C=O) groups is 15. The van der Waals surface area contributed by atoms with Crippen molar-refractivity contribution in [3.8, 4) is 5.75 Å². The number of H-pyrrole nitrogens is 1. The lowest BCUT2D eigenvalue weighted by molar-refractivity contribution is -0.119. The molecule has 0 fully saturated rings. The first-order valence-corrected chi connectivity index (χ1v) is 44.0. The number of imidazole rings is 6. The van der Waals surface area contributed by atoms with Crippen molar-refractivity contribution in [1.82, 2.24) is 91.2 Å². The molecule has 12 heterocycles. The van der Waals surface area contributed by atoms with Gasteiger partial charge >= 0.3 is 0 Å². The van der Waals surface area contributed by atoms with Crippen LogP contribution in [0.4, 0.5) is 40.3 Å². The van der Waals surface area contributed by atoms with Crippen LogP contribution in [0.5, 0.6) is 5.75 Å². The Hall–Kier alpha value is -16.8. The fourth-order valence-electron chi connectivity index (χ4n) is 16.7. The van der Waals surface area contributed by atoms with Crippen molar-refractivity contribution in [3.63, 3.8) is 0 Å². The Morgan fingerprint density at radius 2 is 0.883 bits per heavy atom. The average molecular weight is 1880 g/mol. The fraction of sp³-hybridized carbons (Fsp3) is 0.287. The molecule has 1 aliphatic rings. The van der Waals surface area contributed by atoms with Gasteiger partial charge < -0.3 is 103 Å². The number of halogens is 1. The fourth-order valence-corrected chi connectivity index (χ4v) is 17.0. The van der Waals surface area contributed by atoms with Gasteiger partial charge in [0.2, 0.25) is 46.7 Å². The summed E-state index contributed by atoms with van der Waals surface area (Å²) in [6, 6.07) is 22.7. The number of rotatable bonds is 39. The molecule has 0 saturated carbocycles. The lowest BCUT2D eigenvalue weighted by Crippen LogP contribution is -2.30. The zero-order valence-corrected chi connectivity index (χ0v) is 77.3. The number of benzene rings is 3. The molecule has 0 aliphatic carbocycles. The minimum absolute atomic E-state index is 0.00355. The number of fused-ring (bicyclic) bond motifs is 4. The normalized spacial score (nSPS) is 12.3. The van der Waals surface area contributed by atoms with Crippen LogP contribution in [0.2, 0.25) is 0 Å². The van der Waals surface area contributed by atoms with E-state index in [0.717, 1.165) is 21.9 Å². The van der Waals surface area contributed by atoms with E-state index in [9.17, 15) is 77.0 Å². The molecular weight excluding hydrogens is 1780 g/mol. The van der Waals surface area contributed by atoms with Gasteiger partial charge in [0, 0.05) is 238 Å². The van der Waals surface area contributed by atoms with Crippen LogP contribution in [0.3, 0.4) is 0 Å². The summed E-state index contributed by atoms with van der Waals surface area (Å²) < 4.78 is 14.9. The summed E-state index contributed by atoms with van der Waals surface area (Å²) in [6.07, 6.45) is 15.6. The SMILES string of the molecule is CC(=O)Nc1cn(C)c(C(=O)Nc2cn(C)c(C(=O)Nc3cn(C)c(C(=O)NCCC(=O)Nc4cn(C)c(C(=O)Nc5cc(C(=O)Nc6cc(C(=O)NCCCC(=O)Cc7cn(C)c(C(=O)Cc8cn(C)c(C(=O)Cc9cc(C(=O)CCCC(=O)Cc%10cc(C(=O)Cc%11ccc%12[nH]c(C(=O)N%13CC(CCl)c%14c%13cc(O)c%13ccccc%14%13)cc%12c%11)n(C)c%10)n(C)c9)n8)n7)n(C)c6)n(C)c5)n4)n3)n2)n1. The molecule has 15 rings (SSSR count). The number of nitrogens with zero attached hydrogens (tertiary/aromatic N) is 17. The topological polar surface area (TPSA) is 518 Å². The zero-order valence-electron chi connectivity index (χ0n) is 76.5. The van der Waals surface area contributed by atoms with E-state index in [1.807, 2.05) is 42.5 Å². The third-order valence-electron chi connectivity index (χ3n) is 23.2. The quantitative estimate of drug-likeness (QED) is 0.00984. The third-order valence-corrected chi connectivity index (χ3v) is 23.5. The van der Waals surface area contributed by atoms with Crippen LogP contribution in [0, 0.1) is 0 Å². The zero-order chi connectivity index (χ0) is 97.8. The van der Waals surface area contributed by atoms with E-state index in [-0.39, 0.29) is 217 Å². The minimum Gasteiger partial charge on any atom is -0.507 e. The maximum Gasteiger partial charge on any atom is 0.292 e. The molecule has 10 N–H and O–H groups in total. The standard InChI is InChI=1S/C94H97ClN26O16/c1-50(122)98-76-46-118(9)86(105-76)92(135)110-79-49-120(11)87(108-79)93(136)109-78-48-117(8)84(107-78)90(133)97-25-23-80(130)104-77-47-119(10)85(106-77)91(134)102-58-35-70(114(5)43-58)89(132)101-57-34-69(113(4)42-57)88(131)96-24-15-17-61(124)33-56-44-115(6)83(99-56)75(129)36-59-45-116(7)82(100-59)74(128)31-53-29-66(111(2)40-53)71(125)20-14-16-60(123)27-52-28-67(112(3)39-52)73(127)30-51-21-22-64-54(26-51)32-65(103-64)94(137)121-41-55(38-95)81-63-19-13-12-18-62(63)72(126)37-68(81)121/h12-13,18-19,21-22,26,28-29,32,34-35,37,39-40,42-49,55,103,126H,14-17,20,23-25,27,30-31,33,36,38,41H2,1-11H3,(H,96,131)(H,97,133)(H,98,122)(H,101,132)(H,102,134)(H,104,130)(H,109,136)(H,110,135). The second-order valence-electron chi connectivity index (χ2n) is 33.9. The number of amides is 9. The molecule has 11 aromatic heterocycles. The molecule has 43 heteroatoms. The second kappa shape index (κ2) is 39.9. The summed E-state index contributed by atoms with van der Waals surface area (Å²) >= 11 is 6.44. The molecule has 3 aromatic carbocycles. The number of hydrogen-bond donors (Lipinski definition) is 10. The van der Waals surface area contributed by atoms with Gasteiger partial charge in [0.1, 0.15) is 34.4 Å². The summed E-state index contributed by atoms with van der Waals surface area (Å²) in [7, 11) is 16.0. The van der Waals surface area contributed by atoms with E-state index >= 15 is 0 Å². The molecule has 9 amide bonds. The van der Waals surface area contributed by atoms with Gasteiger partial charge in [-0.3, -0.25) is 71.9 Å². The van der Waals surface area contributed by atoms with E-state index in [4.69, 9.17) is 11.6 Å². The number of Topliss-reactive ketones (excluding diaryl/α,β-unsaturated/α-hetero) is 6. The first-order chi connectivity index (χ1) is 65.3. The smallest absolute Gasteiger partial charge is 0.292 e. The predicted molar refractivity (Wildman–Crippen MR) is 503 cm³/mol. The Labute approximate surface area is 785 Å². The van der Waals surface area contributed by atoms with Gasteiger partial charge in [-0.2, -0.15) is 0 Å². The number of ketones is 6. The number of nitrogens with one attached hydrogen (secondary N) is 9. The number of aryl methyl sites for hydroxylation is 10. The van der Waals surface area contributed by atoms with Gasteiger partial charge in [-0.15, -0.1) is 11.6 Å². The number of carbonyl (C=O) groups excluding carboxylic acids is 15. The van der Waals surface area contributed by atoms with Gasteiger partial charge in [-0.25, -0.2) is 29.9 Å². The molecule has 137 heavy (non-hydrogen) atoms. The van der Waals surface area contributed by atoms with E-state index in [1.165, 1.54) is 114 Å². The van der Waals surface area contributed by atoms with Crippen molar-refractivity contribution < 1.29 is 77.0 Å². The molecule has 1 atom stereocenters. The van der Waals surface area contributed by atoms with E-state index < -0.39 is 47.1 Å². The number of anilines is 7. The summed E-state index contributed by atoms with van der Waals surface area (Å²) in [5, 5.41) is 34.3. The van der Waals surface area contributed by atoms with Crippen LogP contribution < -0.4 is 47.4 Å². The van der Waals surface area contributed by atoms with Crippen LogP contribution in [-0.4, -0.2) is 199 Å². The summed E-state index contributed by atoms with van der Waals surface area (Å²) in [5.74, 6) is -6.16. The molecule has 42 nitrogen and oxygen atoms in total. The summed E-state index contributed by atoms with van der Waals surface area (Å²) in [5.41, 5.74) is 6.83. The van der Waals surface area contributed by atoms with Crippen molar-refractivity contribution in [2.45, 2.75) is 83.5 Å². The van der Waals surface area contributed by atoms with Gasteiger partial charge in [-0.05, 0) is 82.9 Å². The molecule has 0 radical (unpaired) electrons. The average Bonchev–Trinajstić information content (AvgIpc) is 1.59. The molecule has 0 spiro atoms. The van der Waals surface area contributed by atoms with Crippen LogP contribution in [-0.2, 0) is 122 Å². The van der Waals surface area contributed by atoms with Crippen LogP contribution in [0.25, 0.3) is 21.7 Å². The lowest BCUT2D eigenvalue weighted by atomic mass is 9.95. The van der Waals surface area contributed by atoms with Crippen molar-refractivity contribution in [1.29, 1.82) is 0 Å². The van der Waals surface area contributed by atoms with Crippen LogP contribution >= 0.6 is 11.6 Å². The van der Waals surface area contributed by atoms with Crippen molar-refractivity contribution >= 4 is 161 Å². The van der Waals surface area contributed by atoms with Crippen LogP contribution in [0.1, 0.15) is 201 Å². The number of alkyl halides is 1. The highest BCUT2D eigenvalue weighted by atomic mass is 35.5. The summed E-state index contributed by atoms with van der Waals surface area (Å²) in [6.45, 7) is 1.63. The molecular formula is C94H97ClN26O16. The first kappa shape index (κ1) is 94.8. The number of aromatic hydroxyl groups is 1. The Morgan fingerprint density at radius 3 is 1.47 bits per heavy atom. The maximum absolute atomic E-state index is 14.1. The first-order valence-electron chi connectivity index (χ1n) is 43.5. The van der Waals surface area contributed by atoms with E-state index in [1.54, 1.807) is 112 Å². The number of phenols is 1. The number of aromatic nitrogens is 17. The lowest BCUT2D eigenvalue weighted by Gasteiger charge is -2.17. The number of aromatic amines is 1. The second-order valence-corrected chi connectivity index (χ2v) is 34.2. The van der Waals surface area contributed by atoms with E-state index in [0.29, 0.717) is 68.6 Å². The molecule has 1 unspecified atom stereocenters. The Kier molecular flexibility index (Phi) is 27.6. The van der Waals surface area contributed by atoms with Gasteiger partial charge in [-0.1, -0.05) is 30.3 Å². The maximum atomic E-state index is 14.1. The highest BCUT2D eigenvalue weighted by Crippen LogP contribution is 2.46. The molecule has 0 bridgehead atoms. The Bertz CT molecular complexity index is 7280. The largest absolute Gasteiger partial charge is 0.507 e. The van der Waals surface area contributed by atoms with Gasteiger partial charge in [0.05, 0.1) is 52.7 Å². The molecule has 0 saturated heterocycles.